The molecule has 0 spiro atoms. The molecule has 3 N–H and O–H groups in total. The quantitative estimate of drug-likeness (QED) is 0.294. The Morgan fingerprint density at radius 1 is 1.09 bits per heavy atom. The van der Waals surface area contributed by atoms with Crippen molar-refractivity contribution in [2.75, 3.05) is 0 Å². The van der Waals surface area contributed by atoms with Crippen LogP contribution in [0.15, 0.2) is 58.0 Å². The molecule has 2 heterocycles. The Morgan fingerprint density at radius 2 is 1.91 bits per heavy atom. The van der Waals surface area contributed by atoms with Crippen LogP contribution in [0.4, 0.5) is 0 Å². The fraction of sp³-hybridized carbons (Fsp3) is 0.346. The van der Waals surface area contributed by atoms with Crippen LogP contribution >= 0.6 is 0 Å². The Morgan fingerprint density at radius 3 is 2.76 bits per heavy atom. The number of H-pyrrole nitrogens is 1. The van der Waals surface area contributed by atoms with E-state index in [0.29, 0.717) is 17.4 Å². The highest BCUT2D eigenvalue weighted by molar-refractivity contribution is 7.89. The number of unbranched alkanes of at least 4 members (excludes halogenated alkanes) is 1. The van der Waals surface area contributed by atoms with Gasteiger partial charge in [0, 0.05) is 34.5 Å². The topological polar surface area (TPSA) is 112 Å². The van der Waals surface area contributed by atoms with E-state index in [1.165, 1.54) is 11.6 Å². The first-order valence-corrected chi connectivity index (χ1v) is 13.3. The summed E-state index contributed by atoms with van der Waals surface area (Å²) in [6, 6.07) is 11.8. The van der Waals surface area contributed by atoms with Crippen molar-refractivity contribution in [3.05, 3.63) is 65.5 Å². The SMILES string of the molecule is O=C(O)[C@H](CCCCc1c[nH]c2ccccc12)NS(=O)(=O)c1cccc2oc3c(c12)CCCC3. The number of rotatable bonds is 9. The highest BCUT2D eigenvalue weighted by Crippen LogP contribution is 2.35. The van der Waals surface area contributed by atoms with E-state index in [4.69, 9.17) is 4.42 Å². The van der Waals surface area contributed by atoms with Crippen LogP contribution in [-0.2, 0) is 34.1 Å². The number of para-hydroxylation sites is 1. The van der Waals surface area contributed by atoms with Gasteiger partial charge in [0.05, 0.1) is 4.90 Å². The number of benzene rings is 2. The maximum absolute atomic E-state index is 13.3. The van der Waals surface area contributed by atoms with Crippen molar-refractivity contribution < 1.29 is 22.7 Å². The van der Waals surface area contributed by atoms with Gasteiger partial charge in [0.25, 0.3) is 0 Å². The minimum Gasteiger partial charge on any atom is -0.480 e. The minimum absolute atomic E-state index is 0.0990. The average molecular weight is 481 g/mol. The third-order valence-corrected chi connectivity index (χ3v) is 8.20. The fourth-order valence-corrected chi connectivity index (χ4v) is 6.46. The van der Waals surface area contributed by atoms with E-state index in [0.717, 1.165) is 60.8 Å². The van der Waals surface area contributed by atoms with Gasteiger partial charge in [-0.2, -0.15) is 4.72 Å². The first-order chi connectivity index (χ1) is 16.4. The van der Waals surface area contributed by atoms with Gasteiger partial charge in [0.15, 0.2) is 0 Å². The summed E-state index contributed by atoms with van der Waals surface area (Å²) < 4.78 is 34.9. The summed E-state index contributed by atoms with van der Waals surface area (Å²) in [5.41, 5.74) is 3.73. The van der Waals surface area contributed by atoms with E-state index in [2.05, 4.69) is 15.8 Å². The lowest BCUT2D eigenvalue weighted by atomic mass is 9.96. The number of aromatic amines is 1. The van der Waals surface area contributed by atoms with Crippen molar-refractivity contribution in [1.29, 1.82) is 0 Å². The first kappa shape index (κ1) is 22.7. The van der Waals surface area contributed by atoms with Crippen LogP contribution in [0.25, 0.3) is 21.9 Å². The predicted octanol–water partition coefficient (Wildman–Crippen LogP) is 4.94. The number of carboxylic acids is 1. The molecule has 7 nitrogen and oxygen atoms in total. The molecule has 4 aromatic rings. The summed E-state index contributed by atoms with van der Waals surface area (Å²) in [7, 11) is -4.04. The second kappa shape index (κ2) is 9.27. The minimum atomic E-state index is -4.04. The number of hydrogen-bond donors (Lipinski definition) is 3. The number of sulfonamides is 1. The molecule has 2 aromatic carbocycles. The van der Waals surface area contributed by atoms with E-state index >= 15 is 0 Å². The summed E-state index contributed by atoms with van der Waals surface area (Å²) in [5.74, 6) is -0.326. The van der Waals surface area contributed by atoms with E-state index in [1.807, 2.05) is 24.4 Å². The first-order valence-electron chi connectivity index (χ1n) is 11.8. The second-order valence-corrected chi connectivity index (χ2v) is 10.6. The van der Waals surface area contributed by atoms with Gasteiger partial charge in [-0.3, -0.25) is 4.79 Å². The molecule has 0 bridgehead atoms. The number of nitrogens with one attached hydrogen (secondary N) is 2. The van der Waals surface area contributed by atoms with Crippen LogP contribution in [-0.4, -0.2) is 30.5 Å². The van der Waals surface area contributed by atoms with Crippen molar-refractivity contribution >= 4 is 37.9 Å². The number of aromatic nitrogens is 1. The Hall–Kier alpha value is -3.10. The number of aryl methyl sites for hydroxylation is 3. The number of carbonyl (C=O) groups is 1. The van der Waals surface area contributed by atoms with Crippen LogP contribution in [0.2, 0.25) is 0 Å². The van der Waals surface area contributed by atoms with Gasteiger partial charge in [-0.05, 0) is 62.3 Å². The summed E-state index contributed by atoms with van der Waals surface area (Å²) in [5, 5.41) is 11.5. The highest BCUT2D eigenvalue weighted by atomic mass is 32.2. The normalized spacial score (nSPS) is 14.9. The van der Waals surface area contributed by atoms with Crippen molar-refractivity contribution in [2.45, 2.75) is 62.3 Å². The Kier molecular flexibility index (Phi) is 6.18. The molecule has 0 fully saturated rings. The molecular weight excluding hydrogens is 452 g/mol. The standard InChI is InChI=1S/C26H28N2O5S/c29-26(30)21(12-4-1-8-17-16-27-20-11-5-2-9-18(17)20)28-34(31,32)24-15-7-14-23-25(24)19-10-3-6-13-22(19)33-23/h2,5,7,9,11,14-16,21,27-28H,1,3-4,6,8,10,12-13H2,(H,29,30)/t21-/m0/s1. The zero-order chi connectivity index (χ0) is 23.7. The Bertz CT molecular complexity index is 1450. The summed E-state index contributed by atoms with van der Waals surface area (Å²) in [4.78, 5) is 15.2. The maximum atomic E-state index is 13.3. The summed E-state index contributed by atoms with van der Waals surface area (Å²) in [6.45, 7) is 0. The molecule has 178 valence electrons. The Labute approximate surface area is 198 Å². The van der Waals surface area contributed by atoms with Crippen molar-refractivity contribution in [1.82, 2.24) is 9.71 Å². The molecule has 5 rings (SSSR count). The highest BCUT2D eigenvalue weighted by Gasteiger charge is 2.29. The van der Waals surface area contributed by atoms with Crippen molar-refractivity contribution in [3.8, 4) is 0 Å². The fourth-order valence-electron chi connectivity index (χ4n) is 4.99. The van der Waals surface area contributed by atoms with Gasteiger partial charge >= 0.3 is 5.97 Å². The molecule has 0 amide bonds. The number of aliphatic carboxylic acids is 1. The van der Waals surface area contributed by atoms with E-state index < -0.39 is 22.0 Å². The van der Waals surface area contributed by atoms with Crippen LogP contribution in [0, 0.1) is 0 Å². The van der Waals surface area contributed by atoms with Gasteiger partial charge in [-0.15, -0.1) is 0 Å². The van der Waals surface area contributed by atoms with Crippen molar-refractivity contribution in [3.63, 3.8) is 0 Å². The van der Waals surface area contributed by atoms with E-state index in [1.54, 1.807) is 12.1 Å². The van der Waals surface area contributed by atoms with Crippen LogP contribution in [0.5, 0.6) is 0 Å². The number of hydrogen-bond acceptors (Lipinski definition) is 4. The number of carboxylic acid groups (broad SMARTS) is 1. The van der Waals surface area contributed by atoms with Gasteiger partial charge in [0.2, 0.25) is 10.0 Å². The maximum Gasteiger partial charge on any atom is 0.321 e. The second-order valence-electron chi connectivity index (χ2n) is 8.96. The molecule has 1 aliphatic carbocycles. The number of fused-ring (bicyclic) bond motifs is 4. The zero-order valence-electron chi connectivity index (χ0n) is 18.8. The molecular formula is C26H28N2O5S. The predicted molar refractivity (Wildman–Crippen MR) is 130 cm³/mol. The summed E-state index contributed by atoms with van der Waals surface area (Å²) >= 11 is 0. The smallest absolute Gasteiger partial charge is 0.321 e. The average Bonchev–Trinajstić information content (AvgIpc) is 3.42. The largest absolute Gasteiger partial charge is 0.480 e. The molecule has 0 saturated carbocycles. The van der Waals surface area contributed by atoms with Gasteiger partial charge in [0.1, 0.15) is 17.4 Å². The van der Waals surface area contributed by atoms with Gasteiger partial charge in [-0.1, -0.05) is 30.7 Å². The third kappa shape index (κ3) is 4.35. The Balaban J connectivity index is 1.29. The molecule has 8 heteroatoms. The van der Waals surface area contributed by atoms with E-state index in [-0.39, 0.29) is 11.3 Å². The molecule has 0 saturated heterocycles. The molecule has 1 atom stereocenters. The zero-order valence-corrected chi connectivity index (χ0v) is 19.7. The lowest BCUT2D eigenvalue weighted by Crippen LogP contribution is -2.40. The van der Waals surface area contributed by atoms with Crippen LogP contribution in [0.3, 0.4) is 0 Å². The molecule has 2 aromatic heterocycles. The lowest BCUT2D eigenvalue weighted by molar-refractivity contribution is -0.139. The molecule has 0 radical (unpaired) electrons. The molecule has 0 unspecified atom stereocenters. The van der Waals surface area contributed by atoms with Crippen LogP contribution < -0.4 is 4.72 Å². The monoisotopic (exact) mass is 480 g/mol. The van der Waals surface area contributed by atoms with Crippen molar-refractivity contribution in [2.24, 2.45) is 0 Å². The molecule has 0 aliphatic heterocycles. The molecule has 34 heavy (non-hydrogen) atoms. The van der Waals surface area contributed by atoms with Crippen LogP contribution in [0.1, 0.15) is 49.0 Å². The van der Waals surface area contributed by atoms with Gasteiger partial charge < -0.3 is 14.5 Å². The third-order valence-electron chi connectivity index (χ3n) is 6.69. The number of furan rings is 1. The van der Waals surface area contributed by atoms with E-state index in [9.17, 15) is 18.3 Å². The summed E-state index contributed by atoms with van der Waals surface area (Å²) in [6.07, 6.45) is 7.91. The van der Waals surface area contributed by atoms with Gasteiger partial charge in [-0.25, -0.2) is 8.42 Å². The lowest BCUT2D eigenvalue weighted by Gasteiger charge is -2.16. The molecule has 1 aliphatic rings.